The van der Waals surface area contributed by atoms with Crippen molar-refractivity contribution in [2.75, 3.05) is 11.1 Å². The first-order valence-corrected chi connectivity index (χ1v) is 5.22. The number of carbonyl (C=O) groups excluding carboxylic acids is 1. The molecule has 0 saturated carbocycles. The van der Waals surface area contributed by atoms with E-state index in [-0.39, 0.29) is 5.91 Å². The zero-order valence-electron chi connectivity index (χ0n) is 8.88. The average Bonchev–Trinajstić information content (AvgIpc) is 2.10. The van der Waals surface area contributed by atoms with Crippen LogP contribution < -0.4 is 11.1 Å². The lowest BCUT2D eigenvalue weighted by molar-refractivity contribution is -0.116. The van der Waals surface area contributed by atoms with Crippen LogP contribution in [0.25, 0.3) is 0 Å². The molecule has 0 heterocycles. The van der Waals surface area contributed by atoms with E-state index in [1.807, 2.05) is 13.8 Å². The third-order valence-corrected chi connectivity index (χ3v) is 2.22. The molecular weight excluding hydrogens is 212 g/mol. The lowest BCUT2D eigenvalue weighted by Gasteiger charge is -2.10. The van der Waals surface area contributed by atoms with E-state index in [4.69, 9.17) is 17.3 Å². The molecule has 0 bridgehead atoms. The van der Waals surface area contributed by atoms with Crippen LogP contribution >= 0.6 is 11.6 Å². The average molecular weight is 227 g/mol. The molecule has 0 aliphatic heterocycles. The summed E-state index contributed by atoms with van der Waals surface area (Å²) in [5.74, 6) is 0.249. The summed E-state index contributed by atoms with van der Waals surface area (Å²) in [4.78, 5) is 11.5. The number of anilines is 2. The van der Waals surface area contributed by atoms with Crippen molar-refractivity contribution < 1.29 is 4.79 Å². The number of nitrogens with two attached hydrogens (primary N) is 1. The Hall–Kier alpha value is -1.22. The van der Waals surface area contributed by atoms with Gasteiger partial charge in [0.25, 0.3) is 0 Å². The van der Waals surface area contributed by atoms with Crippen molar-refractivity contribution in [3.05, 3.63) is 23.2 Å². The zero-order chi connectivity index (χ0) is 11.4. The summed E-state index contributed by atoms with van der Waals surface area (Å²) in [5, 5.41) is 3.18. The van der Waals surface area contributed by atoms with Crippen LogP contribution in [0.4, 0.5) is 11.4 Å². The van der Waals surface area contributed by atoms with Gasteiger partial charge in [0.05, 0.1) is 16.4 Å². The molecule has 1 aromatic rings. The van der Waals surface area contributed by atoms with Crippen molar-refractivity contribution in [2.24, 2.45) is 5.92 Å². The molecule has 0 radical (unpaired) electrons. The van der Waals surface area contributed by atoms with Gasteiger partial charge in [-0.2, -0.15) is 0 Å². The van der Waals surface area contributed by atoms with Crippen LogP contribution in [-0.2, 0) is 4.79 Å². The molecule has 0 aliphatic rings. The van der Waals surface area contributed by atoms with E-state index in [0.29, 0.717) is 28.7 Å². The normalized spacial score (nSPS) is 10.4. The summed E-state index contributed by atoms with van der Waals surface area (Å²) < 4.78 is 0. The highest BCUT2D eigenvalue weighted by Crippen LogP contribution is 2.27. The summed E-state index contributed by atoms with van der Waals surface area (Å²) in [6.45, 7) is 3.96. The van der Waals surface area contributed by atoms with Crippen molar-refractivity contribution in [3.8, 4) is 0 Å². The maximum absolute atomic E-state index is 11.5. The Bertz CT molecular complexity index is 343. The number of carbonyl (C=O) groups is 1. The van der Waals surface area contributed by atoms with Gasteiger partial charge in [-0.3, -0.25) is 4.79 Å². The summed E-state index contributed by atoms with van der Waals surface area (Å²) in [6.07, 6.45) is 0.463. The molecule has 0 spiro atoms. The third-order valence-electron chi connectivity index (χ3n) is 1.90. The van der Waals surface area contributed by atoms with Crippen molar-refractivity contribution in [1.29, 1.82) is 0 Å². The molecule has 15 heavy (non-hydrogen) atoms. The quantitative estimate of drug-likeness (QED) is 0.779. The number of para-hydroxylation sites is 1. The number of amides is 1. The van der Waals surface area contributed by atoms with Crippen LogP contribution in [0.3, 0.4) is 0 Å². The molecule has 1 rings (SSSR count). The highest BCUT2D eigenvalue weighted by Gasteiger charge is 2.09. The molecule has 82 valence electrons. The molecule has 0 fully saturated rings. The fourth-order valence-corrected chi connectivity index (χ4v) is 1.46. The fourth-order valence-electron chi connectivity index (χ4n) is 1.23. The Morgan fingerprint density at radius 2 is 2.20 bits per heavy atom. The van der Waals surface area contributed by atoms with Crippen LogP contribution in [0.5, 0.6) is 0 Å². The van der Waals surface area contributed by atoms with Gasteiger partial charge in [0, 0.05) is 6.42 Å². The van der Waals surface area contributed by atoms with Crippen molar-refractivity contribution in [3.63, 3.8) is 0 Å². The van der Waals surface area contributed by atoms with Gasteiger partial charge in [-0.25, -0.2) is 0 Å². The standard InChI is InChI=1S/C11H15ClN2O/c1-7(2)6-10(15)14-11-8(12)4-3-5-9(11)13/h3-5,7H,6,13H2,1-2H3,(H,14,15). The Kier molecular flexibility index (Phi) is 3.97. The highest BCUT2D eigenvalue weighted by atomic mass is 35.5. The maximum atomic E-state index is 11.5. The Morgan fingerprint density at radius 1 is 1.53 bits per heavy atom. The van der Waals surface area contributed by atoms with E-state index in [2.05, 4.69) is 5.32 Å². The molecule has 1 aromatic carbocycles. The van der Waals surface area contributed by atoms with Gasteiger partial charge in [0.1, 0.15) is 0 Å². The molecule has 0 unspecified atom stereocenters. The third kappa shape index (κ3) is 3.44. The second-order valence-corrected chi connectivity index (χ2v) is 4.26. The van der Waals surface area contributed by atoms with E-state index in [0.717, 1.165) is 0 Å². The molecular formula is C11H15ClN2O. The number of rotatable bonds is 3. The lowest BCUT2D eigenvalue weighted by Crippen LogP contribution is -2.15. The fraction of sp³-hybridized carbons (Fsp3) is 0.364. The van der Waals surface area contributed by atoms with Crippen LogP contribution in [0.15, 0.2) is 18.2 Å². The summed E-state index contributed by atoms with van der Waals surface area (Å²) in [7, 11) is 0. The molecule has 0 aliphatic carbocycles. The Labute approximate surface area is 94.6 Å². The number of hydrogen-bond donors (Lipinski definition) is 2. The minimum absolute atomic E-state index is 0.0650. The second-order valence-electron chi connectivity index (χ2n) is 3.85. The molecule has 4 heteroatoms. The molecule has 1 amide bonds. The van der Waals surface area contributed by atoms with Gasteiger partial charge in [0.2, 0.25) is 5.91 Å². The van der Waals surface area contributed by atoms with Gasteiger partial charge >= 0.3 is 0 Å². The zero-order valence-corrected chi connectivity index (χ0v) is 9.64. The largest absolute Gasteiger partial charge is 0.397 e. The van der Waals surface area contributed by atoms with Gasteiger partial charge in [-0.15, -0.1) is 0 Å². The van der Waals surface area contributed by atoms with E-state index in [9.17, 15) is 4.79 Å². The Balaban J connectivity index is 2.76. The molecule has 3 nitrogen and oxygen atoms in total. The van der Waals surface area contributed by atoms with Gasteiger partial charge < -0.3 is 11.1 Å². The number of benzene rings is 1. The molecule has 0 aromatic heterocycles. The van der Waals surface area contributed by atoms with Crippen LogP contribution in [0.2, 0.25) is 5.02 Å². The first-order valence-electron chi connectivity index (χ1n) is 4.84. The van der Waals surface area contributed by atoms with Crippen LogP contribution in [0.1, 0.15) is 20.3 Å². The predicted octanol–water partition coefficient (Wildman–Crippen LogP) is 2.91. The van der Waals surface area contributed by atoms with E-state index in [1.165, 1.54) is 0 Å². The number of halogens is 1. The summed E-state index contributed by atoms with van der Waals surface area (Å²) >= 11 is 5.92. The minimum Gasteiger partial charge on any atom is -0.397 e. The van der Waals surface area contributed by atoms with E-state index < -0.39 is 0 Å². The number of nitrogens with one attached hydrogen (secondary N) is 1. The van der Waals surface area contributed by atoms with E-state index >= 15 is 0 Å². The maximum Gasteiger partial charge on any atom is 0.224 e. The van der Waals surface area contributed by atoms with Gasteiger partial charge in [-0.05, 0) is 18.1 Å². The highest BCUT2D eigenvalue weighted by molar-refractivity contribution is 6.34. The van der Waals surface area contributed by atoms with Crippen LogP contribution in [-0.4, -0.2) is 5.91 Å². The first kappa shape index (κ1) is 11.9. The molecule has 0 atom stereocenters. The summed E-state index contributed by atoms with van der Waals surface area (Å²) in [5.41, 5.74) is 6.69. The molecule has 0 saturated heterocycles. The second kappa shape index (κ2) is 5.03. The predicted molar refractivity (Wildman–Crippen MR) is 63.9 cm³/mol. The SMILES string of the molecule is CC(C)CC(=O)Nc1c(N)cccc1Cl. The van der Waals surface area contributed by atoms with Crippen molar-refractivity contribution in [1.82, 2.24) is 0 Å². The van der Waals surface area contributed by atoms with Crippen molar-refractivity contribution >= 4 is 28.9 Å². The van der Waals surface area contributed by atoms with Crippen LogP contribution in [0, 0.1) is 5.92 Å². The van der Waals surface area contributed by atoms with E-state index in [1.54, 1.807) is 18.2 Å². The monoisotopic (exact) mass is 226 g/mol. The topological polar surface area (TPSA) is 55.1 Å². The molecule has 3 N–H and O–H groups in total. The number of hydrogen-bond acceptors (Lipinski definition) is 2. The van der Waals surface area contributed by atoms with Gasteiger partial charge in [-0.1, -0.05) is 31.5 Å². The number of nitrogen functional groups attached to an aromatic ring is 1. The minimum atomic E-state index is -0.0650. The Morgan fingerprint density at radius 3 is 2.73 bits per heavy atom. The van der Waals surface area contributed by atoms with Crippen molar-refractivity contribution in [2.45, 2.75) is 20.3 Å². The smallest absolute Gasteiger partial charge is 0.224 e. The summed E-state index contributed by atoms with van der Waals surface area (Å²) in [6, 6.07) is 5.15. The first-order chi connectivity index (χ1) is 7.00. The lowest BCUT2D eigenvalue weighted by atomic mass is 10.1. The van der Waals surface area contributed by atoms with Gasteiger partial charge in [0.15, 0.2) is 0 Å².